The van der Waals surface area contributed by atoms with E-state index in [1.54, 1.807) is 24.3 Å². The first-order chi connectivity index (χ1) is 15.4. The van der Waals surface area contributed by atoms with Gasteiger partial charge in [0.05, 0.1) is 10.9 Å². The van der Waals surface area contributed by atoms with Crippen LogP contribution in [0, 0.1) is 0 Å². The minimum absolute atomic E-state index is 0.0661. The number of hydrogen-bond donors (Lipinski definition) is 0. The van der Waals surface area contributed by atoms with E-state index >= 15 is 0 Å². The number of imidazole rings is 1. The van der Waals surface area contributed by atoms with Crippen LogP contribution in [-0.2, 0) is 26.0 Å². The zero-order valence-electron chi connectivity index (χ0n) is 16.5. The van der Waals surface area contributed by atoms with E-state index in [1.165, 1.54) is 11.6 Å². The Morgan fingerprint density at radius 1 is 0.970 bits per heavy atom. The van der Waals surface area contributed by atoms with E-state index in [2.05, 4.69) is 19.9 Å². The van der Waals surface area contributed by atoms with E-state index in [0.717, 1.165) is 12.3 Å². The van der Waals surface area contributed by atoms with Gasteiger partial charge in [0.15, 0.2) is 11.3 Å². The van der Waals surface area contributed by atoms with Gasteiger partial charge in [0.1, 0.15) is 12.4 Å². The molecule has 0 aliphatic carbocycles. The van der Waals surface area contributed by atoms with Gasteiger partial charge in [-0.05, 0) is 23.2 Å². The second-order valence-corrected chi connectivity index (χ2v) is 7.27. The number of hydrogen-bond acceptors (Lipinski definition) is 5. The van der Waals surface area contributed by atoms with E-state index in [4.69, 9.17) is 16.3 Å². The van der Waals surface area contributed by atoms with Gasteiger partial charge in [-0.2, -0.15) is 36.3 Å². The maximum atomic E-state index is 13.0. The smallest absolute Gasteiger partial charge is 0.434 e. The van der Waals surface area contributed by atoms with Gasteiger partial charge in [0.2, 0.25) is 11.2 Å². The summed E-state index contributed by atoms with van der Waals surface area (Å²) in [6, 6.07) is 7.09. The molecule has 33 heavy (non-hydrogen) atoms. The number of pyridine rings is 1. The van der Waals surface area contributed by atoms with Crippen molar-refractivity contribution in [1.82, 2.24) is 24.5 Å². The third-order valence-electron chi connectivity index (χ3n) is 4.57. The average Bonchev–Trinajstić information content (AvgIpc) is 3.13. The molecule has 0 N–H and O–H groups in total. The largest absolute Gasteiger partial charge is 0.472 e. The predicted octanol–water partition coefficient (Wildman–Crippen LogP) is 5.70. The van der Waals surface area contributed by atoms with Crippen molar-refractivity contribution in [1.29, 1.82) is 0 Å². The van der Waals surface area contributed by atoms with Crippen molar-refractivity contribution in [3.8, 4) is 17.3 Å². The van der Waals surface area contributed by atoms with Gasteiger partial charge in [-0.15, -0.1) is 0 Å². The highest BCUT2D eigenvalue weighted by Crippen LogP contribution is 2.33. The van der Waals surface area contributed by atoms with Crippen molar-refractivity contribution < 1.29 is 31.1 Å². The van der Waals surface area contributed by atoms with Gasteiger partial charge in [0, 0.05) is 25.0 Å². The number of nitrogens with zero attached hydrogens (tertiary/aromatic N) is 5. The quantitative estimate of drug-likeness (QED) is 0.273. The number of rotatable bonds is 4. The fourth-order valence-electron chi connectivity index (χ4n) is 3.00. The van der Waals surface area contributed by atoms with Crippen LogP contribution < -0.4 is 4.74 Å². The number of halogens is 7. The summed E-state index contributed by atoms with van der Waals surface area (Å²) in [5.74, 6) is -0.0688. The molecule has 0 aliphatic heterocycles. The van der Waals surface area contributed by atoms with Gasteiger partial charge in [-0.25, -0.2) is 9.97 Å². The van der Waals surface area contributed by atoms with Gasteiger partial charge in [-0.3, -0.25) is 0 Å². The normalized spacial score (nSPS) is 12.4. The standard InChI is InChI=1S/C20H12ClF6N5O/c1-32-8-14(20(25,26)27)29-16(32)11-4-2-10(3-5-11)9-33-17-13-6-12(19(22,23)24)7-28-15(13)30-18(21)31-17/h2-8H,9H2,1H3. The maximum absolute atomic E-state index is 13.0. The molecule has 3 aromatic heterocycles. The third kappa shape index (κ3) is 4.85. The van der Waals surface area contributed by atoms with Crippen molar-refractivity contribution >= 4 is 22.6 Å². The van der Waals surface area contributed by atoms with Crippen molar-refractivity contribution in [3.05, 3.63) is 64.8 Å². The fraction of sp³-hybridized carbons (Fsp3) is 0.200. The molecule has 0 unspecified atom stereocenters. The van der Waals surface area contributed by atoms with Gasteiger partial charge in [0.25, 0.3) is 0 Å². The molecule has 0 atom stereocenters. The van der Waals surface area contributed by atoms with Crippen molar-refractivity contribution in [2.45, 2.75) is 19.0 Å². The molecule has 0 fully saturated rings. The first-order valence-electron chi connectivity index (χ1n) is 9.15. The molecule has 6 nitrogen and oxygen atoms in total. The van der Waals surface area contributed by atoms with E-state index in [-0.39, 0.29) is 34.6 Å². The summed E-state index contributed by atoms with van der Waals surface area (Å²) >= 11 is 5.82. The Morgan fingerprint density at radius 3 is 2.27 bits per heavy atom. The number of fused-ring (bicyclic) bond motifs is 1. The van der Waals surface area contributed by atoms with E-state index in [9.17, 15) is 26.3 Å². The van der Waals surface area contributed by atoms with E-state index in [1.807, 2.05) is 0 Å². The lowest BCUT2D eigenvalue weighted by molar-refractivity contribution is -0.141. The molecule has 0 bridgehead atoms. The highest BCUT2D eigenvalue weighted by molar-refractivity contribution is 6.28. The first kappa shape index (κ1) is 22.8. The van der Waals surface area contributed by atoms with Gasteiger partial charge in [-0.1, -0.05) is 24.3 Å². The maximum Gasteiger partial charge on any atom is 0.434 e. The second-order valence-electron chi connectivity index (χ2n) is 6.93. The van der Waals surface area contributed by atoms with E-state index < -0.39 is 23.6 Å². The monoisotopic (exact) mass is 487 g/mol. The lowest BCUT2D eigenvalue weighted by atomic mass is 10.1. The zero-order valence-corrected chi connectivity index (χ0v) is 17.3. The summed E-state index contributed by atoms with van der Waals surface area (Å²) in [5.41, 5.74) is -1.06. The molecule has 4 rings (SSSR count). The highest BCUT2D eigenvalue weighted by Gasteiger charge is 2.34. The molecule has 1 aromatic carbocycles. The molecule has 172 valence electrons. The molecule has 3 heterocycles. The summed E-state index contributed by atoms with van der Waals surface area (Å²) in [4.78, 5) is 14.9. The molecule has 0 radical (unpaired) electrons. The zero-order chi connectivity index (χ0) is 24.0. The number of benzene rings is 1. The van der Waals surface area contributed by atoms with Crippen LogP contribution in [0.25, 0.3) is 22.4 Å². The van der Waals surface area contributed by atoms with Crippen molar-refractivity contribution in [2.24, 2.45) is 7.05 Å². The summed E-state index contributed by atoms with van der Waals surface area (Å²) in [7, 11) is 1.45. The Kier molecular flexibility index (Phi) is 5.64. The summed E-state index contributed by atoms with van der Waals surface area (Å²) in [6.07, 6.45) is -7.66. The van der Waals surface area contributed by atoms with Crippen molar-refractivity contribution in [3.63, 3.8) is 0 Å². The predicted molar refractivity (Wildman–Crippen MR) is 105 cm³/mol. The SMILES string of the molecule is Cn1cc(C(F)(F)F)nc1-c1ccc(COc2nc(Cl)nc3ncc(C(F)(F)F)cc23)cc1. The Balaban J connectivity index is 1.57. The van der Waals surface area contributed by atoms with Crippen LogP contribution in [0.4, 0.5) is 26.3 Å². The average molecular weight is 488 g/mol. The topological polar surface area (TPSA) is 65.7 Å². The lowest BCUT2D eigenvalue weighted by Gasteiger charge is -2.11. The van der Waals surface area contributed by atoms with Gasteiger partial charge >= 0.3 is 12.4 Å². The Hall–Kier alpha value is -3.41. The number of alkyl halides is 6. The van der Waals surface area contributed by atoms with Crippen LogP contribution in [0.2, 0.25) is 5.28 Å². The van der Waals surface area contributed by atoms with Crippen LogP contribution in [-0.4, -0.2) is 24.5 Å². The summed E-state index contributed by atoms with van der Waals surface area (Å²) in [5, 5.41) is -0.325. The molecule has 0 spiro atoms. The molecule has 0 saturated heterocycles. The Morgan fingerprint density at radius 2 is 1.67 bits per heavy atom. The minimum atomic E-state index is -4.62. The second kappa shape index (κ2) is 8.18. The number of aryl methyl sites for hydroxylation is 1. The van der Waals surface area contributed by atoms with Crippen LogP contribution in [0.3, 0.4) is 0 Å². The summed E-state index contributed by atoms with van der Waals surface area (Å²) < 4.78 is 84.5. The molecular weight excluding hydrogens is 476 g/mol. The van der Waals surface area contributed by atoms with Crippen LogP contribution in [0.15, 0.2) is 42.7 Å². The van der Waals surface area contributed by atoms with Crippen LogP contribution in [0.5, 0.6) is 5.88 Å². The van der Waals surface area contributed by atoms with Crippen LogP contribution >= 0.6 is 11.6 Å². The summed E-state index contributed by atoms with van der Waals surface area (Å²) in [6.45, 7) is -0.104. The lowest BCUT2D eigenvalue weighted by Crippen LogP contribution is -2.07. The molecule has 0 amide bonds. The molecule has 0 saturated carbocycles. The Labute approximate surface area is 186 Å². The number of ether oxygens (including phenoxy) is 1. The van der Waals surface area contributed by atoms with E-state index in [0.29, 0.717) is 17.3 Å². The fourth-order valence-corrected chi connectivity index (χ4v) is 3.16. The molecule has 4 aromatic rings. The molecular formula is C20H12ClF6N5O. The molecule has 0 aliphatic rings. The first-order valence-corrected chi connectivity index (χ1v) is 9.53. The third-order valence-corrected chi connectivity index (χ3v) is 4.74. The minimum Gasteiger partial charge on any atom is -0.472 e. The highest BCUT2D eigenvalue weighted by atomic mass is 35.5. The Bertz CT molecular complexity index is 1320. The van der Waals surface area contributed by atoms with Gasteiger partial charge < -0.3 is 9.30 Å². The molecule has 13 heteroatoms. The van der Waals surface area contributed by atoms with Crippen LogP contribution in [0.1, 0.15) is 16.8 Å². The number of aromatic nitrogens is 5. The van der Waals surface area contributed by atoms with Crippen molar-refractivity contribution in [2.75, 3.05) is 0 Å².